The Labute approximate surface area is 137 Å². The molecule has 2 N–H and O–H groups in total. The fraction of sp³-hybridized carbons (Fsp3) is 0.467. The Morgan fingerprint density at radius 1 is 1.48 bits per heavy atom. The smallest absolute Gasteiger partial charge is 0.326 e. The normalized spacial score (nSPS) is 13.7. The van der Waals surface area contributed by atoms with Crippen molar-refractivity contribution in [1.29, 1.82) is 0 Å². The maximum Gasteiger partial charge on any atom is 0.326 e. The highest BCUT2D eigenvalue weighted by atomic mass is 32.1. The highest BCUT2D eigenvalue weighted by Crippen LogP contribution is 2.19. The van der Waals surface area contributed by atoms with Gasteiger partial charge in [-0.2, -0.15) is 0 Å². The van der Waals surface area contributed by atoms with E-state index in [2.05, 4.69) is 10.3 Å². The second kappa shape index (κ2) is 6.91. The van der Waals surface area contributed by atoms with Crippen LogP contribution in [0.5, 0.6) is 0 Å². The first-order chi connectivity index (χ1) is 10.8. The Morgan fingerprint density at radius 2 is 2.17 bits per heavy atom. The van der Waals surface area contributed by atoms with Crippen LogP contribution in [0, 0.1) is 12.8 Å². The lowest BCUT2D eigenvalue weighted by Gasteiger charge is -2.20. The van der Waals surface area contributed by atoms with Gasteiger partial charge < -0.3 is 10.4 Å². The van der Waals surface area contributed by atoms with Crippen molar-refractivity contribution in [2.24, 2.45) is 5.92 Å². The summed E-state index contributed by atoms with van der Waals surface area (Å²) in [6, 6.07) is 0.770. The molecule has 2 atom stereocenters. The molecule has 0 fully saturated rings. The van der Waals surface area contributed by atoms with Crippen molar-refractivity contribution >= 4 is 33.4 Å². The summed E-state index contributed by atoms with van der Waals surface area (Å²) in [7, 11) is 0. The standard InChI is InChI=1S/C15H19N3O4S/c1-4-8(2)12(15(21)22)17-11(19)6-18-7-16-13-10(14(18)20)5-9(3)23-13/h5,7-8,12H,4,6H2,1-3H3,(H,17,19)(H,21,22). The molecule has 2 rings (SSSR count). The maximum atomic E-state index is 12.3. The van der Waals surface area contributed by atoms with Gasteiger partial charge in [0.2, 0.25) is 5.91 Å². The molecule has 2 aromatic heterocycles. The fourth-order valence-electron chi connectivity index (χ4n) is 2.25. The van der Waals surface area contributed by atoms with Gasteiger partial charge in [-0.3, -0.25) is 14.2 Å². The lowest BCUT2D eigenvalue weighted by Crippen LogP contribution is -2.46. The van der Waals surface area contributed by atoms with Crippen molar-refractivity contribution < 1.29 is 14.7 Å². The average molecular weight is 337 g/mol. The SMILES string of the molecule is CCC(C)C(NC(=O)Cn1cnc2sc(C)cc2c1=O)C(=O)O. The van der Waals surface area contributed by atoms with E-state index in [1.165, 1.54) is 22.2 Å². The lowest BCUT2D eigenvalue weighted by molar-refractivity contribution is -0.143. The van der Waals surface area contributed by atoms with Crippen LogP contribution in [-0.2, 0) is 16.1 Å². The summed E-state index contributed by atoms with van der Waals surface area (Å²) in [5, 5.41) is 12.1. The number of nitrogens with zero attached hydrogens (tertiary/aromatic N) is 2. The molecule has 0 aromatic carbocycles. The molecular formula is C15H19N3O4S. The molecule has 124 valence electrons. The minimum atomic E-state index is -1.08. The summed E-state index contributed by atoms with van der Waals surface area (Å²) < 4.78 is 1.19. The van der Waals surface area contributed by atoms with Gasteiger partial charge in [-0.1, -0.05) is 20.3 Å². The highest BCUT2D eigenvalue weighted by molar-refractivity contribution is 7.18. The number of nitrogens with one attached hydrogen (secondary N) is 1. The van der Waals surface area contributed by atoms with Gasteiger partial charge in [-0.25, -0.2) is 9.78 Å². The first-order valence-electron chi connectivity index (χ1n) is 7.31. The van der Waals surface area contributed by atoms with Crippen molar-refractivity contribution in [3.63, 3.8) is 0 Å². The molecule has 2 aromatic rings. The largest absolute Gasteiger partial charge is 0.480 e. The van der Waals surface area contributed by atoms with Gasteiger partial charge in [-0.05, 0) is 18.9 Å². The number of aryl methyl sites for hydroxylation is 1. The van der Waals surface area contributed by atoms with Gasteiger partial charge in [-0.15, -0.1) is 11.3 Å². The zero-order valence-corrected chi connectivity index (χ0v) is 14.0. The number of carbonyl (C=O) groups is 2. The van der Waals surface area contributed by atoms with Crippen molar-refractivity contribution in [1.82, 2.24) is 14.9 Å². The van der Waals surface area contributed by atoms with Crippen LogP contribution in [-0.4, -0.2) is 32.6 Å². The molecule has 8 heteroatoms. The summed E-state index contributed by atoms with van der Waals surface area (Å²) in [5.41, 5.74) is -0.301. The Balaban J connectivity index is 2.18. The number of rotatable bonds is 6. The Kier molecular flexibility index (Phi) is 5.15. The zero-order valence-electron chi connectivity index (χ0n) is 13.2. The number of hydrogen-bond donors (Lipinski definition) is 2. The Morgan fingerprint density at radius 3 is 2.78 bits per heavy atom. The average Bonchev–Trinajstić information content (AvgIpc) is 2.88. The number of fused-ring (bicyclic) bond motifs is 1. The van der Waals surface area contributed by atoms with Gasteiger partial charge in [0.1, 0.15) is 17.4 Å². The van der Waals surface area contributed by atoms with E-state index >= 15 is 0 Å². The van der Waals surface area contributed by atoms with Gasteiger partial charge in [0.25, 0.3) is 5.56 Å². The third-order valence-corrected chi connectivity index (χ3v) is 4.71. The van der Waals surface area contributed by atoms with Crippen LogP contribution >= 0.6 is 11.3 Å². The molecule has 2 heterocycles. The molecule has 23 heavy (non-hydrogen) atoms. The summed E-state index contributed by atoms with van der Waals surface area (Å²) in [6.07, 6.45) is 1.94. The second-order valence-corrected chi connectivity index (χ2v) is 6.76. The molecule has 0 aliphatic rings. The van der Waals surface area contributed by atoms with E-state index in [0.717, 1.165) is 4.88 Å². The van der Waals surface area contributed by atoms with Crippen molar-refractivity contribution in [2.45, 2.75) is 39.8 Å². The zero-order chi connectivity index (χ0) is 17.1. The molecule has 2 unspecified atom stereocenters. The van der Waals surface area contributed by atoms with Crippen LogP contribution in [0.25, 0.3) is 10.2 Å². The molecule has 0 aliphatic heterocycles. The summed E-state index contributed by atoms with van der Waals surface area (Å²) >= 11 is 1.41. The van der Waals surface area contributed by atoms with Gasteiger partial charge in [0.05, 0.1) is 11.7 Å². The van der Waals surface area contributed by atoms with Gasteiger partial charge >= 0.3 is 5.97 Å². The Hall–Kier alpha value is -2.22. The van der Waals surface area contributed by atoms with E-state index in [4.69, 9.17) is 0 Å². The number of amides is 1. The molecule has 1 amide bonds. The molecule has 0 aliphatic carbocycles. The topological polar surface area (TPSA) is 101 Å². The fourth-order valence-corrected chi connectivity index (χ4v) is 3.09. The molecule has 0 saturated carbocycles. The van der Waals surface area contributed by atoms with E-state index < -0.39 is 17.9 Å². The minimum Gasteiger partial charge on any atom is -0.480 e. The summed E-state index contributed by atoms with van der Waals surface area (Å²) in [4.78, 5) is 41.4. The number of carboxylic acid groups (broad SMARTS) is 1. The molecular weight excluding hydrogens is 318 g/mol. The predicted octanol–water partition coefficient (Wildman–Crippen LogP) is 1.38. The van der Waals surface area contributed by atoms with Crippen LogP contribution in [0.1, 0.15) is 25.1 Å². The monoisotopic (exact) mass is 337 g/mol. The summed E-state index contributed by atoms with van der Waals surface area (Å²) in [6.45, 7) is 5.24. The third kappa shape index (κ3) is 3.76. The number of thiophene rings is 1. The number of carboxylic acids is 1. The molecule has 0 radical (unpaired) electrons. The number of aliphatic carboxylic acids is 1. The quantitative estimate of drug-likeness (QED) is 0.829. The lowest BCUT2D eigenvalue weighted by atomic mass is 9.99. The van der Waals surface area contributed by atoms with Crippen molar-refractivity contribution in [2.75, 3.05) is 0 Å². The van der Waals surface area contributed by atoms with E-state index in [9.17, 15) is 19.5 Å². The number of aromatic nitrogens is 2. The van der Waals surface area contributed by atoms with Crippen molar-refractivity contribution in [3.8, 4) is 0 Å². The third-order valence-electron chi connectivity index (χ3n) is 3.75. The number of hydrogen-bond acceptors (Lipinski definition) is 5. The minimum absolute atomic E-state index is 0.201. The molecule has 0 spiro atoms. The van der Waals surface area contributed by atoms with Crippen LogP contribution < -0.4 is 10.9 Å². The highest BCUT2D eigenvalue weighted by Gasteiger charge is 2.25. The van der Waals surface area contributed by atoms with Crippen LogP contribution in [0.2, 0.25) is 0 Å². The van der Waals surface area contributed by atoms with Gasteiger partial charge in [0, 0.05) is 4.88 Å². The Bertz CT molecular complexity index is 796. The molecule has 0 bridgehead atoms. The first-order valence-corrected chi connectivity index (χ1v) is 8.12. The molecule has 7 nitrogen and oxygen atoms in total. The van der Waals surface area contributed by atoms with Gasteiger partial charge in [0.15, 0.2) is 0 Å². The second-order valence-electron chi connectivity index (χ2n) is 5.52. The summed E-state index contributed by atoms with van der Waals surface area (Å²) in [5.74, 6) is -1.80. The van der Waals surface area contributed by atoms with E-state index in [1.807, 2.05) is 13.8 Å². The van der Waals surface area contributed by atoms with E-state index in [1.54, 1.807) is 13.0 Å². The maximum absolute atomic E-state index is 12.3. The first kappa shape index (κ1) is 17.1. The predicted molar refractivity (Wildman–Crippen MR) is 87.6 cm³/mol. The van der Waals surface area contributed by atoms with E-state index in [0.29, 0.717) is 16.6 Å². The van der Waals surface area contributed by atoms with E-state index in [-0.39, 0.29) is 18.0 Å². The molecule has 0 saturated heterocycles. The number of carbonyl (C=O) groups excluding carboxylic acids is 1. The van der Waals surface area contributed by atoms with Crippen LogP contribution in [0.15, 0.2) is 17.2 Å². The van der Waals surface area contributed by atoms with Crippen LogP contribution in [0.3, 0.4) is 0 Å². The van der Waals surface area contributed by atoms with Crippen molar-refractivity contribution in [3.05, 3.63) is 27.6 Å². The van der Waals surface area contributed by atoms with Crippen LogP contribution in [0.4, 0.5) is 0 Å².